The van der Waals surface area contributed by atoms with Gasteiger partial charge >= 0.3 is 0 Å². The van der Waals surface area contributed by atoms with E-state index >= 15 is 0 Å². The highest BCUT2D eigenvalue weighted by Gasteiger charge is 2.17. The Labute approximate surface area is 110 Å². The van der Waals surface area contributed by atoms with Crippen LogP contribution in [0.25, 0.3) is 5.69 Å². The van der Waals surface area contributed by atoms with Crippen molar-refractivity contribution in [2.24, 2.45) is 0 Å². The van der Waals surface area contributed by atoms with Crippen LogP contribution in [0.3, 0.4) is 0 Å². The third kappa shape index (κ3) is 2.60. The lowest BCUT2D eigenvalue weighted by atomic mass is 10.1. The monoisotopic (exact) mass is 258 g/mol. The third-order valence-electron chi connectivity index (χ3n) is 3.14. The van der Waals surface area contributed by atoms with E-state index in [9.17, 15) is 4.79 Å². The molecule has 19 heavy (non-hydrogen) atoms. The molecule has 1 aromatic carbocycles. The fourth-order valence-electron chi connectivity index (χ4n) is 2.09. The lowest BCUT2D eigenvalue weighted by molar-refractivity contribution is 0.0940. The molecule has 0 aliphatic carbocycles. The molecule has 1 aliphatic heterocycles. The average molecular weight is 258 g/mol. The fraction of sp³-hybridized carbons (Fsp3) is 0.333. The van der Waals surface area contributed by atoms with Gasteiger partial charge in [-0.3, -0.25) is 4.79 Å². The molecule has 3 rings (SSSR count). The van der Waals surface area contributed by atoms with Crippen molar-refractivity contribution in [2.45, 2.75) is 12.5 Å². The van der Waals surface area contributed by atoms with Crippen molar-refractivity contribution in [3.05, 3.63) is 36.2 Å². The van der Waals surface area contributed by atoms with Crippen molar-refractivity contribution < 1.29 is 4.79 Å². The van der Waals surface area contributed by atoms with Crippen LogP contribution in [-0.2, 0) is 0 Å². The van der Waals surface area contributed by atoms with Gasteiger partial charge in [0.25, 0.3) is 5.91 Å². The normalized spacial score (nSPS) is 18.4. The maximum atomic E-state index is 12.0. The molecule has 1 saturated heterocycles. The number of benzene rings is 1. The smallest absolute Gasteiger partial charge is 0.251 e. The van der Waals surface area contributed by atoms with E-state index in [1.807, 2.05) is 12.1 Å². The van der Waals surface area contributed by atoms with E-state index in [4.69, 9.17) is 0 Å². The van der Waals surface area contributed by atoms with E-state index in [0.717, 1.165) is 25.2 Å². The lowest BCUT2D eigenvalue weighted by Gasteiger charge is -2.11. The van der Waals surface area contributed by atoms with E-state index in [1.54, 1.807) is 16.8 Å². The molecule has 1 aromatic heterocycles. The zero-order chi connectivity index (χ0) is 13.1. The predicted molar refractivity (Wildman–Crippen MR) is 67.9 cm³/mol. The fourth-order valence-corrected chi connectivity index (χ4v) is 2.09. The van der Waals surface area contributed by atoms with Gasteiger partial charge in [0.1, 0.15) is 6.33 Å². The quantitative estimate of drug-likeness (QED) is 0.793. The van der Waals surface area contributed by atoms with Crippen molar-refractivity contribution in [1.82, 2.24) is 30.8 Å². The average Bonchev–Trinajstić information content (AvgIpc) is 3.12. The van der Waals surface area contributed by atoms with Gasteiger partial charge in [0.05, 0.1) is 5.69 Å². The number of amides is 1. The summed E-state index contributed by atoms with van der Waals surface area (Å²) in [5.41, 5.74) is 1.47. The van der Waals surface area contributed by atoms with Gasteiger partial charge in [-0.2, -0.15) is 0 Å². The number of hydrogen-bond acceptors (Lipinski definition) is 5. The Morgan fingerprint density at radius 1 is 1.37 bits per heavy atom. The van der Waals surface area contributed by atoms with Gasteiger partial charge in [0.15, 0.2) is 0 Å². The van der Waals surface area contributed by atoms with Crippen LogP contribution in [0.1, 0.15) is 16.8 Å². The Morgan fingerprint density at radius 2 is 2.21 bits per heavy atom. The zero-order valence-electron chi connectivity index (χ0n) is 10.3. The van der Waals surface area contributed by atoms with Crippen LogP contribution in [0.4, 0.5) is 0 Å². The standard InChI is InChI=1S/C12H14N6O/c19-12(15-10-5-6-13-7-10)9-1-3-11(4-2-9)18-8-14-16-17-18/h1-4,8,10,13H,5-7H2,(H,15,19)/t10-/m1/s1. The van der Waals surface area contributed by atoms with Crippen molar-refractivity contribution in [3.63, 3.8) is 0 Å². The van der Waals surface area contributed by atoms with Crippen molar-refractivity contribution in [3.8, 4) is 5.69 Å². The van der Waals surface area contributed by atoms with Gasteiger partial charge in [-0.05, 0) is 47.7 Å². The summed E-state index contributed by atoms with van der Waals surface area (Å²) in [6.45, 7) is 1.80. The number of tetrazole rings is 1. The summed E-state index contributed by atoms with van der Waals surface area (Å²) < 4.78 is 1.54. The Morgan fingerprint density at radius 3 is 2.84 bits per heavy atom. The summed E-state index contributed by atoms with van der Waals surface area (Å²) in [4.78, 5) is 12.0. The Kier molecular flexibility index (Phi) is 3.20. The Hall–Kier alpha value is -2.28. The minimum Gasteiger partial charge on any atom is -0.348 e. The number of nitrogens with zero attached hydrogens (tertiary/aromatic N) is 4. The number of aromatic nitrogens is 4. The second-order valence-electron chi connectivity index (χ2n) is 4.46. The maximum Gasteiger partial charge on any atom is 0.251 e. The minimum atomic E-state index is -0.0445. The van der Waals surface area contributed by atoms with Crippen molar-refractivity contribution in [1.29, 1.82) is 0 Å². The maximum absolute atomic E-state index is 12.0. The second kappa shape index (κ2) is 5.15. The molecular formula is C12H14N6O. The molecule has 0 unspecified atom stereocenters. The van der Waals surface area contributed by atoms with Crippen LogP contribution >= 0.6 is 0 Å². The summed E-state index contributed by atoms with van der Waals surface area (Å²) in [6, 6.07) is 7.41. The lowest BCUT2D eigenvalue weighted by Crippen LogP contribution is -2.36. The van der Waals surface area contributed by atoms with Crippen molar-refractivity contribution >= 4 is 5.91 Å². The van der Waals surface area contributed by atoms with Crippen molar-refractivity contribution in [2.75, 3.05) is 13.1 Å². The molecule has 98 valence electrons. The van der Waals surface area contributed by atoms with E-state index in [1.165, 1.54) is 6.33 Å². The summed E-state index contributed by atoms with van der Waals surface area (Å²) >= 11 is 0. The first kappa shape index (κ1) is 11.8. The molecule has 1 fully saturated rings. The van der Waals surface area contributed by atoms with Gasteiger partial charge in [-0.1, -0.05) is 0 Å². The molecule has 7 nitrogen and oxygen atoms in total. The molecule has 0 spiro atoms. The molecule has 0 bridgehead atoms. The van der Waals surface area contributed by atoms with E-state index in [0.29, 0.717) is 5.56 Å². The Balaban J connectivity index is 1.69. The predicted octanol–water partition coefficient (Wildman–Crippen LogP) is -0.246. The first-order valence-corrected chi connectivity index (χ1v) is 6.18. The Bertz CT molecular complexity index is 544. The molecule has 1 aliphatic rings. The molecule has 2 N–H and O–H groups in total. The topological polar surface area (TPSA) is 84.7 Å². The van der Waals surface area contributed by atoms with Crippen LogP contribution in [-0.4, -0.2) is 45.2 Å². The third-order valence-corrected chi connectivity index (χ3v) is 3.14. The number of nitrogens with one attached hydrogen (secondary N) is 2. The highest BCUT2D eigenvalue weighted by molar-refractivity contribution is 5.94. The number of rotatable bonds is 3. The van der Waals surface area contributed by atoms with Crippen LogP contribution < -0.4 is 10.6 Å². The summed E-state index contributed by atoms with van der Waals surface area (Å²) in [5, 5.41) is 17.1. The largest absolute Gasteiger partial charge is 0.348 e. The van der Waals surface area contributed by atoms with Gasteiger partial charge < -0.3 is 10.6 Å². The molecule has 2 heterocycles. The first-order valence-electron chi connectivity index (χ1n) is 6.18. The van der Waals surface area contributed by atoms with Crippen LogP contribution in [0.5, 0.6) is 0 Å². The molecular weight excluding hydrogens is 244 g/mol. The first-order chi connectivity index (χ1) is 9.33. The molecule has 0 saturated carbocycles. The minimum absolute atomic E-state index is 0.0445. The molecule has 0 radical (unpaired) electrons. The highest BCUT2D eigenvalue weighted by atomic mass is 16.1. The van der Waals surface area contributed by atoms with E-state index in [-0.39, 0.29) is 11.9 Å². The number of hydrogen-bond donors (Lipinski definition) is 2. The number of carbonyl (C=O) groups excluding carboxylic acids is 1. The summed E-state index contributed by atoms with van der Waals surface area (Å²) in [5.74, 6) is -0.0445. The molecule has 7 heteroatoms. The van der Waals surface area contributed by atoms with Gasteiger partial charge in [-0.15, -0.1) is 5.10 Å². The second-order valence-corrected chi connectivity index (χ2v) is 4.46. The van der Waals surface area contributed by atoms with E-state index < -0.39 is 0 Å². The van der Waals surface area contributed by atoms with E-state index in [2.05, 4.69) is 26.2 Å². The summed E-state index contributed by atoms with van der Waals surface area (Å²) in [6.07, 6.45) is 2.49. The van der Waals surface area contributed by atoms with Gasteiger partial charge in [0.2, 0.25) is 0 Å². The van der Waals surface area contributed by atoms with Gasteiger partial charge in [-0.25, -0.2) is 4.68 Å². The summed E-state index contributed by atoms with van der Waals surface area (Å²) in [7, 11) is 0. The molecule has 2 aromatic rings. The van der Waals surface area contributed by atoms with Crippen LogP contribution in [0.2, 0.25) is 0 Å². The zero-order valence-corrected chi connectivity index (χ0v) is 10.3. The SMILES string of the molecule is O=C(N[C@@H]1CCNC1)c1ccc(-n2cnnn2)cc1. The van der Waals surface area contributed by atoms with Gasteiger partial charge in [0, 0.05) is 18.2 Å². The number of carbonyl (C=O) groups is 1. The highest BCUT2D eigenvalue weighted by Crippen LogP contribution is 2.08. The van der Waals surface area contributed by atoms with Crippen LogP contribution in [0.15, 0.2) is 30.6 Å². The molecule has 1 atom stereocenters. The van der Waals surface area contributed by atoms with Crippen LogP contribution in [0, 0.1) is 0 Å². The molecule has 1 amide bonds.